The minimum Gasteiger partial charge on any atom is -0.481 e. The summed E-state index contributed by atoms with van der Waals surface area (Å²) < 4.78 is 4.94. The topological polar surface area (TPSA) is 88.2 Å². The fourth-order valence-electron chi connectivity index (χ4n) is 0.644. The molecule has 0 spiro atoms. The number of rotatable bonds is 4. The number of aromatic nitrogens is 2. The molecule has 6 nitrogen and oxygen atoms in total. The van der Waals surface area contributed by atoms with Gasteiger partial charge in [0.25, 0.3) is 0 Å². The van der Waals surface area contributed by atoms with E-state index >= 15 is 0 Å². The van der Waals surface area contributed by atoms with Crippen LogP contribution in [-0.2, 0) is 4.79 Å². The van der Waals surface area contributed by atoms with Gasteiger partial charge in [0.1, 0.15) is 0 Å². The number of aryl methyl sites for hydroxylation is 1. The summed E-state index contributed by atoms with van der Waals surface area (Å²) >= 11 is 0. The molecule has 0 saturated carbocycles. The van der Waals surface area contributed by atoms with Crippen molar-refractivity contribution in [3.8, 4) is 0 Å². The minimum atomic E-state index is -0.862. The van der Waals surface area contributed by atoms with E-state index in [0.717, 1.165) is 0 Å². The highest BCUT2D eigenvalue weighted by Crippen LogP contribution is 2.02. The average molecular weight is 171 g/mol. The van der Waals surface area contributed by atoms with Crippen LogP contribution in [0.5, 0.6) is 0 Å². The zero-order valence-electron chi connectivity index (χ0n) is 6.57. The highest BCUT2D eigenvalue weighted by atomic mass is 16.4. The molecule has 12 heavy (non-hydrogen) atoms. The predicted molar refractivity (Wildman–Crippen MR) is 39.8 cm³/mol. The summed E-state index contributed by atoms with van der Waals surface area (Å²) in [5.41, 5.74) is 0. The molecule has 0 amide bonds. The Morgan fingerprint density at radius 3 is 2.92 bits per heavy atom. The zero-order valence-corrected chi connectivity index (χ0v) is 6.57. The number of aliphatic carboxylic acids is 1. The third-order valence-electron chi connectivity index (χ3n) is 1.14. The van der Waals surface area contributed by atoms with Gasteiger partial charge in [-0.1, -0.05) is 5.10 Å². The van der Waals surface area contributed by atoms with Crippen LogP contribution in [-0.4, -0.2) is 27.8 Å². The maximum Gasteiger partial charge on any atom is 0.315 e. The third-order valence-corrected chi connectivity index (χ3v) is 1.14. The Morgan fingerprint density at radius 2 is 2.42 bits per heavy atom. The van der Waals surface area contributed by atoms with Crippen molar-refractivity contribution in [1.82, 2.24) is 10.2 Å². The van der Waals surface area contributed by atoms with Crippen LogP contribution >= 0.6 is 0 Å². The lowest BCUT2D eigenvalue weighted by Crippen LogP contribution is -2.07. The van der Waals surface area contributed by atoms with Crippen molar-refractivity contribution in [2.75, 3.05) is 11.9 Å². The van der Waals surface area contributed by atoms with E-state index in [9.17, 15) is 4.79 Å². The summed E-state index contributed by atoms with van der Waals surface area (Å²) in [4.78, 5) is 10.1. The second-order valence-corrected chi connectivity index (χ2v) is 2.20. The van der Waals surface area contributed by atoms with Crippen LogP contribution in [0, 0.1) is 6.92 Å². The molecule has 1 rings (SSSR count). The average Bonchev–Trinajstić information content (AvgIpc) is 2.35. The Kier molecular flexibility index (Phi) is 2.62. The quantitative estimate of drug-likeness (QED) is 0.675. The molecular formula is C6H9N3O3. The number of carboxylic acid groups (broad SMARTS) is 1. The van der Waals surface area contributed by atoms with E-state index in [2.05, 4.69) is 15.5 Å². The summed E-state index contributed by atoms with van der Waals surface area (Å²) in [7, 11) is 0. The Morgan fingerprint density at radius 1 is 1.67 bits per heavy atom. The van der Waals surface area contributed by atoms with E-state index in [1.165, 1.54) is 0 Å². The molecule has 1 heterocycles. The molecule has 0 unspecified atom stereocenters. The van der Waals surface area contributed by atoms with Gasteiger partial charge in [0, 0.05) is 13.5 Å². The van der Waals surface area contributed by atoms with E-state index < -0.39 is 5.97 Å². The van der Waals surface area contributed by atoms with Gasteiger partial charge in [-0.05, 0) is 0 Å². The van der Waals surface area contributed by atoms with Crippen LogP contribution in [0.25, 0.3) is 0 Å². The van der Waals surface area contributed by atoms with Gasteiger partial charge in [-0.2, -0.15) is 0 Å². The molecule has 0 aliphatic heterocycles. The third kappa shape index (κ3) is 2.57. The molecule has 0 saturated heterocycles. The Hall–Kier alpha value is -1.59. The monoisotopic (exact) mass is 171 g/mol. The summed E-state index contributed by atoms with van der Waals surface area (Å²) in [6, 6.07) is 0.258. The number of hydrogen-bond acceptors (Lipinski definition) is 5. The molecule has 0 aromatic carbocycles. The van der Waals surface area contributed by atoms with Gasteiger partial charge in [-0.25, -0.2) is 0 Å². The fraction of sp³-hybridized carbons (Fsp3) is 0.500. The van der Waals surface area contributed by atoms with Crippen molar-refractivity contribution >= 4 is 12.0 Å². The van der Waals surface area contributed by atoms with Crippen molar-refractivity contribution < 1.29 is 14.3 Å². The molecule has 1 aromatic rings. The second kappa shape index (κ2) is 3.70. The lowest BCUT2D eigenvalue weighted by Gasteiger charge is -1.95. The number of hydrogen-bond donors (Lipinski definition) is 2. The summed E-state index contributed by atoms with van der Waals surface area (Å²) in [6.45, 7) is 1.95. The van der Waals surface area contributed by atoms with Gasteiger partial charge < -0.3 is 14.8 Å². The molecule has 0 fully saturated rings. The highest BCUT2D eigenvalue weighted by molar-refractivity contribution is 5.67. The SMILES string of the molecule is Cc1nnc(NCCC(=O)O)o1. The van der Waals surface area contributed by atoms with Crippen LogP contribution in [0.2, 0.25) is 0 Å². The molecule has 1 aromatic heterocycles. The molecule has 0 atom stereocenters. The number of nitrogens with zero attached hydrogens (tertiary/aromatic N) is 2. The molecule has 6 heteroatoms. The van der Waals surface area contributed by atoms with Gasteiger partial charge in [0.2, 0.25) is 5.89 Å². The lowest BCUT2D eigenvalue weighted by atomic mass is 10.4. The van der Waals surface area contributed by atoms with Gasteiger partial charge in [-0.3, -0.25) is 4.79 Å². The zero-order chi connectivity index (χ0) is 8.97. The van der Waals surface area contributed by atoms with E-state index in [1.54, 1.807) is 6.92 Å². The van der Waals surface area contributed by atoms with Crippen LogP contribution in [0.4, 0.5) is 6.01 Å². The van der Waals surface area contributed by atoms with Crippen molar-refractivity contribution in [3.05, 3.63) is 5.89 Å². The van der Waals surface area contributed by atoms with Crippen LogP contribution < -0.4 is 5.32 Å². The van der Waals surface area contributed by atoms with Crippen molar-refractivity contribution in [2.45, 2.75) is 13.3 Å². The minimum absolute atomic E-state index is 0.0292. The maximum atomic E-state index is 10.1. The van der Waals surface area contributed by atoms with Crippen molar-refractivity contribution in [3.63, 3.8) is 0 Å². The molecule has 2 N–H and O–H groups in total. The van der Waals surface area contributed by atoms with Crippen LogP contribution in [0.15, 0.2) is 4.42 Å². The lowest BCUT2D eigenvalue weighted by molar-refractivity contribution is -0.136. The number of carboxylic acids is 1. The number of carbonyl (C=O) groups is 1. The fourth-order valence-corrected chi connectivity index (χ4v) is 0.644. The molecule has 0 aliphatic rings. The molecule has 66 valence electrons. The Labute approximate surface area is 68.6 Å². The Bertz CT molecular complexity index is 271. The number of nitrogens with one attached hydrogen (secondary N) is 1. The highest BCUT2D eigenvalue weighted by Gasteiger charge is 2.01. The first-order valence-corrected chi connectivity index (χ1v) is 3.44. The summed E-state index contributed by atoms with van der Waals surface area (Å²) in [5.74, 6) is -0.411. The van der Waals surface area contributed by atoms with Crippen molar-refractivity contribution in [1.29, 1.82) is 0 Å². The first-order chi connectivity index (χ1) is 5.68. The van der Waals surface area contributed by atoms with Gasteiger partial charge >= 0.3 is 12.0 Å². The summed E-state index contributed by atoms with van der Waals surface area (Å²) in [5, 5.41) is 18.1. The van der Waals surface area contributed by atoms with Crippen molar-refractivity contribution in [2.24, 2.45) is 0 Å². The van der Waals surface area contributed by atoms with E-state index in [1.807, 2.05) is 0 Å². The molecule has 0 radical (unpaired) electrons. The molecule has 0 aliphatic carbocycles. The van der Waals surface area contributed by atoms with Gasteiger partial charge in [0.05, 0.1) is 6.42 Å². The smallest absolute Gasteiger partial charge is 0.315 e. The van der Waals surface area contributed by atoms with Crippen LogP contribution in [0.3, 0.4) is 0 Å². The maximum absolute atomic E-state index is 10.1. The molecule has 0 bridgehead atoms. The largest absolute Gasteiger partial charge is 0.481 e. The molecular weight excluding hydrogens is 162 g/mol. The van der Waals surface area contributed by atoms with Gasteiger partial charge in [-0.15, -0.1) is 5.10 Å². The first kappa shape index (κ1) is 8.51. The normalized spacial score (nSPS) is 9.75. The standard InChI is InChI=1S/C6H9N3O3/c1-4-8-9-6(12-4)7-3-2-5(10)11/h2-3H2,1H3,(H,7,9)(H,10,11). The first-order valence-electron chi connectivity index (χ1n) is 3.44. The van der Waals surface area contributed by atoms with E-state index in [4.69, 9.17) is 9.52 Å². The Balaban J connectivity index is 2.29. The number of anilines is 1. The van der Waals surface area contributed by atoms with Gasteiger partial charge in [0.15, 0.2) is 0 Å². The van der Waals surface area contributed by atoms with E-state index in [0.29, 0.717) is 5.89 Å². The second-order valence-electron chi connectivity index (χ2n) is 2.20. The predicted octanol–water partition coefficient (Wildman–Crippen LogP) is 0.265. The summed E-state index contributed by atoms with van der Waals surface area (Å²) in [6.07, 6.45) is 0.0292. The van der Waals surface area contributed by atoms with E-state index in [-0.39, 0.29) is 19.0 Å². The van der Waals surface area contributed by atoms with Crippen LogP contribution in [0.1, 0.15) is 12.3 Å².